The highest BCUT2D eigenvalue weighted by Crippen LogP contribution is 2.29. The molecule has 0 N–H and O–H groups in total. The minimum Gasteiger partial charge on any atom is -0.492 e. The molecule has 0 aliphatic carbocycles. The summed E-state index contributed by atoms with van der Waals surface area (Å²) in [5.41, 5.74) is 3.93. The molecule has 152 valence electrons. The highest BCUT2D eigenvalue weighted by molar-refractivity contribution is 5.57. The molecule has 0 amide bonds. The van der Waals surface area contributed by atoms with Crippen LogP contribution in [0, 0.1) is 24.2 Å². The highest BCUT2D eigenvalue weighted by Gasteiger charge is 2.14. The van der Waals surface area contributed by atoms with Crippen molar-refractivity contribution >= 4 is 0 Å². The number of aryl methyl sites for hydroxylation is 1. The largest absolute Gasteiger partial charge is 0.492 e. The molecule has 0 atom stereocenters. The minimum absolute atomic E-state index is 0.747. The molecule has 3 rings (SSSR count). The molecule has 1 aliphatic rings. The van der Waals surface area contributed by atoms with Crippen molar-refractivity contribution < 1.29 is 4.74 Å². The van der Waals surface area contributed by atoms with E-state index in [4.69, 9.17) is 11.2 Å². The van der Waals surface area contributed by atoms with Gasteiger partial charge in [0.15, 0.2) is 0 Å². The van der Waals surface area contributed by atoms with Gasteiger partial charge in [-0.25, -0.2) is 0 Å². The number of hydrogen-bond acceptors (Lipinski definition) is 1. The van der Waals surface area contributed by atoms with E-state index in [-0.39, 0.29) is 0 Å². The van der Waals surface area contributed by atoms with Gasteiger partial charge in [-0.2, -0.15) is 0 Å². The Morgan fingerprint density at radius 1 is 0.786 bits per heavy atom. The topological polar surface area (TPSA) is 9.23 Å². The van der Waals surface area contributed by atoms with Crippen LogP contribution in [0.2, 0.25) is 0 Å². The lowest BCUT2D eigenvalue weighted by molar-refractivity contribution is 0.287. The maximum absolute atomic E-state index is 5.67. The van der Waals surface area contributed by atoms with Crippen LogP contribution in [0.1, 0.15) is 84.1 Å². The van der Waals surface area contributed by atoms with E-state index in [1.165, 1.54) is 5.56 Å². The lowest BCUT2D eigenvalue weighted by atomic mass is 9.99. The van der Waals surface area contributed by atoms with Gasteiger partial charge in [-0.05, 0) is 42.7 Å². The summed E-state index contributed by atoms with van der Waals surface area (Å²) < 4.78 is 5.67. The van der Waals surface area contributed by atoms with Gasteiger partial charge in [0, 0.05) is 11.1 Å². The first kappa shape index (κ1) is 27.6. The second-order valence-electron chi connectivity index (χ2n) is 4.72. The van der Waals surface area contributed by atoms with Gasteiger partial charge in [0.05, 0.1) is 12.2 Å². The van der Waals surface area contributed by atoms with Crippen molar-refractivity contribution in [2.45, 2.75) is 68.2 Å². The van der Waals surface area contributed by atoms with E-state index in [9.17, 15) is 0 Å². The molecule has 2 aromatic carbocycles. The Kier molecular flexibility index (Phi) is 18.8. The van der Waals surface area contributed by atoms with Gasteiger partial charge in [0.1, 0.15) is 5.75 Å². The van der Waals surface area contributed by atoms with Crippen molar-refractivity contribution in [3.8, 4) is 29.9 Å². The first-order chi connectivity index (χ1) is 13.9. The highest BCUT2D eigenvalue weighted by atomic mass is 16.5. The Bertz CT molecular complexity index is 725. The molecule has 0 saturated carbocycles. The SMILES string of the molecule is C#Cc1cc(C#Cc2ccccc2)cc2c1OCCC2.CC.CC.CC.CC. The van der Waals surface area contributed by atoms with Gasteiger partial charge >= 0.3 is 0 Å². The van der Waals surface area contributed by atoms with Gasteiger partial charge < -0.3 is 4.74 Å². The molecule has 0 saturated heterocycles. The molecule has 1 heterocycles. The van der Waals surface area contributed by atoms with Crippen LogP contribution in [-0.4, -0.2) is 6.61 Å². The van der Waals surface area contributed by atoms with E-state index in [1.54, 1.807) is 0 Å². The fourth-order valence-electron chi connectivity index (χ4n) is 2.33. The van der Waals surface area contributed by atoms with Crippen molar-refractivity contribution in [3.63, 3.8) is 0 Å². The van der Waals surface area contributed by atoms with Gasteiger partial charge in [-0.15, -0.1) is 6.42 Å². The number of terminal acetylenes is 1. The maximum Gasteiger partial charge on any atom is 0.138 e. The molecule has 0 aromatic heterocycles. The Morgan fingerprint density at radius 3 is 1.93 bits per heavy atom. The Balaban J connectivity index is 0. The van der Waals surface area contributed by atoms with Crippen molar-refractivity contribution in [1.29, 1.82) is 0 Å². The molecule has 0 fully saturated rings. The number of rotatable bonds is 0. The first-order valence-electron chi connectivity index (χ1n) is 10.7. The number of benzene rings is 2. The van der Waals surface area contributed by atoms with Crippen LogP contribution in [0.3, 0.4) is 0 Å². The molecule has 0 radical (unpaired) electrons. The first-order valence-corrected chi connectivity index (χ1v) is 10.7. The van der Waals surface area contributed by atoms with Crippen LogP contribution in [0.4, 0.5) is 0 Å². The maximum atomic E-state index is 5.67. The van der Waals surface area contributed by atoms with E-state index < -0.39 is 0 Å². The Labute approximate surface area is 174 Å². The third-order valence-electron chi connectivity index (χ3n) is 3.28. The number of fused-ring (bicyclic) bond motifs is 1. The standard InChI is InChI=1S/C19H14O.4C2H6/c1-2-17-13-16(11-10-15-7-4-3-5-8-15)14-18-9-6-12-20-19(17)18;4*1-2/h1,3-5,7-8,13-14H,6,9,12H2;4*1-2H3. The smallest absolute Gasteiger partial charge is 0.138 e. The van der Waals surface area contributed by atoms with Crippen molar-refractivity contribution in [2.24, 2.45) is 0 Å². The average molecular weight is 379 g/mol. The van der Waals surface area contributed by atoms with Crippen molar-refractivity contribution in [2.75, 3.05) is 6.61 Å². The monoisotopic (exact) mass is 378 g/mol. The Morgan fingerprint density at radius 2 is 1.36 bits per heavy atom. The summed E-state index contributed by atoms with van der Waals surface area (Å²) in [6, 6.07) is 14.0. The summed E-state index contributed by atoms with van der Waals surface area (Å²) >= 11 is 0. The molecule has 1 aliphatic heterocycles. The predicted octanol–water partition coefficient (Wildman–Crippen LogP) is 7.50. The number of hydrogen-bond donors (Lipinski definition) is 0. The molecule has 28 heavy (non-hydrogen) atoms. The number of ether oxygens (including phenoxy) is 1. The van der Waals surface area contributed by atoms with Crippen LogP contribution in [0.15, 0.2) is 42.5 Å². The summed E-state index contributed by atoms with van der Waals surface area (Å²) in [7, 11) is 0. The van der Waals surface area contributed by atoms with Crippen LogP contribution in [-0.2, 0) is 6.42 Å². The van der Waals surface area contributed by atoms with Gasteiger partial charge in [0.2, 0.25) is 0 Å². The van der Waals surface area contributed by atoms with Crippen LogP contribution in [0.5, 0.6) is 5.75 Å². The van der Waals surface area contributed by atoms with E-state index >= 15 is 0 Å². The zero-order chi connectivity index (χ0) is 21.8. The zero-order valence-electron chi connectivity index (χ0n) is 19.1. The molecular formula is C27H38O. The van der Waals surface area contributed by atoms with E-state index in [0.717, 1.165) is 41.9 Å². The lowest BCUT2D eigenvalue weighted by Crippen LogP contribution is -2.10. The van der Waals surface area contributed by atoms with E-state index in [2.05, 4.69) is 23.8 Å². The van der Waals surface area contributed by atoms with Gasteiger partial charge in [0.25, 0.3) is 0 Å². The average Bonchev–Trinajstić information content (AvgIpc) is 2.83. The molecule has 0 spiro atoms. The molecule has 1 nitrogen and oxygen atoms in total. The van der Waals surface area contributed by atoms with Crippen LogP contribution >= 0.6 is 0 Å². The predicted molar refractivity (Wildman–Crippen MR) is 126 cm³/mol. The molecule has 0 unspecified atom stereocenters. The summed E-state index contributed by atoms with van der Waals surface area (Å²) in [6.45, 7) is 16.7. The van der Waals surface area contributed by atoms with Crippen LogP contribution in [0.25, 0.3) is 0 Å². The lowest BCUT2D eigenvalue weighted by Gasteiger charge is -2.18. The summed E-state index contributed by atoms with van der Waals surface area (Å²) in [5, 5.41) is 0. The summed E-state index contributed by atoms with van der Waals surface area (Å²) in [5.74, 6) is 9.91. The quantitative estimate of drug-likeness (QED) is 0.431. The van der Waals surface area contributed by atoms with Gasteiger partial charge in [-0.1, -0.05) is 91.4 Å². The zero-order valence-corrected chi connectivity index (χ0v) is 19.1. The molecule has 1 heteroatoms. The third kappa shape index (κ3) is 9.34. The third-order valence-corrected chi connectivity index (χ3v) is 3.28. The van der Waals surface area contributed by atoms with E-state index in [0.29, 0.717) is 0 Å². The second-order valence-corrected chi connectivity index (χ2v) is 4.72. The summed E-state index contributed by atoms with van der Waals surface area (Å²) in [4.78, 5) is 0. The fourth-order valence-corrected chi connectivity index (χ4v) is 2.33. The fraction of sp³-hybridized carbons (Fsp3) is 0.407. The summed E-state index contributed by atoms with van der Waals surface area (Å²) in [6.07, 6.45) is 7.61. The van der Waals surface area contributed by atoms with Gasteiger partial charge in [-0.3, -0.25) is 0 Å². The van der Waals surface area contributed by atoms with Crippen LogP contribution < -0.4 is 4.74 Å². The van der Waals surface area contributed by atoms with Crippen molar-refractivity contribution in [1.82, 2.24) is 0 Å². The molecule has 2 aromatic rings. The molecule has 0 bridgehead atoms. The van der Waals surface area contributed by atoms with E-state index in [1.807, 2.05) is 91.8 Å². The molecular weight excluding hydrogens is 340 g/mol. The Hall–Kier alpha value is -2.64. The minimum atomic E-state index is 0.747. The second kappa shape index (κ2) is 19.1. The normalized spacial score (nSPS) is 9.68. The van der Waals surface area contributed by atoms with Crippen molar-refractivity contribution in [3.05, 3.63) is 64.7 Å².